The van der Waals surface area contributed by atoms with Crippen molar-refractivity contribution in [2.45, 2.75) is 27.7 Å². The number of aromatic amines is 2. The van der Waals surface area contributed by atoms with Gasteiger partial charge in [0.25, 0.3) is 0 Å². The van der Waals surface area contributed by atoms with Gasteiger partial charge in [0, 0.05) is 94.8 Å². The van der Waals surface area contributed by atoms with Gasteiger partial charge in [0.05, 0.1) is 49.0 Å². The van der Waals surface area contributed by atoms with Crippen LogP contribution in [0.4, 0.5) is 22.7 Å². The summed E-state index contributed by atoms with van der Waals surface area (Å²) in [6, 6.07) is 36.7. The fourth-order valence-corrected chi connectivity index (χ4v) is 9.07. The molecular weight excluding hydrogens is 1020 g/mol. The molecule has 3 aromatic heterocycles. The molecule has 20 nitrogen and oxygen atoms in total. The monoisotopic (exact) mass is 1070 g/mol. The van der Waals surface area contributed by atoms with Crippen molar-refractivity contribution in [3.63, 3.8) is 0 Å². The zero-order valence-electron chi connectivity index (χ0n) is 43.8. The predicted octanol–water partition coefficient (Wildman–Crippen LogP) is 7.62. The highest BCUT2D eigenvalue weighted by Gasteiger charge is 2.21. The number of H-pyrrole nitrogens is 2. The van der Waals surface area contributed by atoms with Crippen LogP contribution in [-0.4, -0.2) is 93.4 Å². The largest absolute Gasteiger partial charge is 0.354 e. The Hall–Kier alpha value is -10.8. The third-order valence-corrected chi connectivity index (χ3v) is 12.5. The fourth-order valence-electron chi connectivity index (χ4n) is 9.07. The van der Waals surface area contributed by atoms with Gasteiger partial charge in [-0.3, -0.25) is 38.4 Å². The number of rotatable bonds is 16. The summed E-state index contributed by atoms with van der Waals surface area (Å²) in [5.41, 5.74) is 11.7. The number of hydrogen-bond donors (Lipinski definition) is 10. The van der Waals surface area contributed by atoms with Crippen molar-refractivity contribution < 1.29 is 38.4 Å². The molecule has 80 heavy (non-hydrogen) atoms. The molecule has 0 unspecified atom stereocenters. The van der Waals surface area contributed by atoms with E-state index in [0.717, 1.165) is 0 Å². The van der Waals surface area contributed by atoms with Gasteiger partial charge in [-0.25, -0.2) is 9.97 Å². The van der Waals surface area contributed by atoms with E-state index in [1.165, 1.54) is 27.7 Å². The molecule has 10 N–H and O–H groups in total. The first-order chi connectivity index (χ1) is 38.5. The lowest BCUT2D eigenvalue weighted by atomic mass is 10.0. The average Bonchev–Trinajstić information content (AvgIpc) is 4.39. The highest BCUT2D eigenvalue weighted by atomic mass is 16.2. The Morgan fingerprint density at radius 2 is 0.562 bits per heavy atom. The smallest absolute Gasteiger partial charge is 0.243 e. The molecule has 0 atom stereocenters. The Bertz CT molecular complexity index is 3440. The first kappa shape index (κ1) is 54.0. The van der Waals surface area contributed by atoms with Gasteiger partial charge in [-0.05, 0) is 119 Å². The van der Waals surface area contributed by atoms with Crippen LogP contribution in [0.3, 0.4) is 0 Å². The van der Waals surface area contributed by atoms with Crippen LogP contribution in [0.25, 0.3) is 90.9 Å². The van der Waals surface area contributed by atoms with E-state index in [1.54, 1.807) is 48.5 Å². The number of nitrogens with zero attached hydrogens (tertiary/aromatic N) is 2. The minimum absolute atomic E-state index is 0.232. The van der Waals surface area contributed by atoms with Crippen molar-refractivity contribution in [2.75, 3.05) is 47.4 Å². The van der Waals surface area contributed by atoms with Crippen LogP contribution in [0.2, 0.25) is 0 Å². The van der Waals surface area contributed by atoms with Gasteiger partial charge in [-0.1, -0.05) is 48.5 Å². The first-order valence-corrected chi connectivity index (χ1v) is 25.3. The van der Waals surface area contributed by atoms with Crippen molar-refractivity contribution in [1.82, 2.24) is 41.2 Å². The summed E-state index contributed by atoms with van der Waals surface area (Å²) in [5, 5.41) is 21.6. The van der Waals surface area contributed by atoms with Crippen molar-refractivity contribution in [1.29, 1.82) is 0 Å². The quantitative estimate of drug-likeness (QED) is 0.0452. The Balaban J connectivity index is 1.33. The molecule has 4 aromatic carbocycles. The number of aromatic nitrogens is 4. The fraction of sp³-hybridized carbons (Fsp3) is 0.133. The van der Waals surface area contributed by atoms with E-state index in [2.05, 4.69) is 52.5 Å². The van der Waals surface area contributed by atoms with Gasteiger partial charge in [0.2, 0.25) is 47.3 Å². The minimum Gasteiger partial charge on any atom is -0.354 e. The summed E-state index contributed by atoms with van der Waals surface area (Å²) in [5.74, 6) is -3.12. The molecule has 8 amide bonds. The van der Waals surface area contributed by atoms with E-state index >= 15 is 0 Å². The van der Waals surface area contributed by atoms with Crippen molar-refractivity contribution >= 4 is 116 Å². The number of amides is 8. The molecule has 8 bridgehead atoms. The second-order valence-corrected chi connectivity index (χ2v) is 18.7. The molecule has 20 heteroatoms. The molecule has 0 aliphatic carbocycles. The maximum atomic E-state index is 13.0. The highest BCUT2D eigenvalue weighted by molar-refractivity contribution is 6.03. The topological polar surface area (TPSA) is 290 Å². The zero-order valence-corrected chi connectivity index (χ0v) is 43.8. The number of carbonyl (C=O) groups excluding carboxylic acids is 8. The van der Waals surface area contributed by atoms with Crippen LogP contribution in [-0.2, 0) is 38.4 Å². The summed E-state index contributed by atoms with van der Waals surface area (Å²) in [6.07, 6.45) is 7.56. The highest BCUT2D eigenvalue weighted by Crippen LogP contribution is 2.40. The predicted molar refractivity (Wildman–Crippen MR) is 310 cm³/mol. The van der Waals surface area contributed by atoms with Crippen LogP contribution in [0.15, 0.2) is 121 Å². The van der Waals surface area contributed by atoms with Gasteiger partial charge in [0.1, 0.15) is 0 Å². The summed E-state index contributed by atoms with van der Waals surface area (Å²) >= 11 is 0. The third kappa shape index (κ3) is 13.2. The van der Waals surface area contributed by atoms with E-state index < -0.39 is 23.6 Å². The van der Waals surface area contributed by atoms with Crippen molar-refractivity contribution in [3.8, 4) is 44.5 Å². The molecular formula is C60H54N12O8. The molecule has 0 radical (unpaired) electrons. The van der Waals surface area contributed by atoms with Gasteiger partial charge < -0.3 is 52.5 Å². The Kier molecular flexibility index (Phi) is 16.3. The van der Waals surface area contributed by atoms with E-state index in [4.69, 9.17) is 9.97 Å². The number of fused-ring (bicyclic) bond motifs is 8. The van der Waals surface area contributed by atoms with Crippen molar-refractivity contribution in [3.05, 3.63) is 144 Å². The number of anilines is 4. The van der Waals surface area contributed by atoms with E-state index in [0.29, 0.717) is 112 Å². The van der Waals surface area contributed by atoms with Crippen LogP contribution in [0.1, 0.15) is 50.5 Å². The SMILES string of the molecule is CC(=O)NCC(=O)Nc1cccc(-c2c3nc(c(-c4cccc(NC(=O)CNC(C)=O)c4)c4ccc([nH]4)c(-c4cccc(NC(=O)CNC(C)=O)c4)c4nc(c(-c5cccc(NC(=O)CNC(C)=O)c5)c5ccc2[nH]5)C=C4)C=C3)c1. The van der Waals surface area contributed by atoms with Gasteiger partial charge >= 0.3 is 0 Å². The second-order valence-electron chi connectivity index (χ2n) is 18.7. The van der Waals surface area contributed by atoms with Gasteiger partial charge in [0.15, 0.2) is 0 Å². The van der Waals surface area contributed by atoms with Gasteiger partial charge in [-0.2, -0.15) is 0 Å². The number of benzene rings is 4. The minimum atomic E-state index is -0.428. The Morgan fingerprint density at radius 3 is 0.775 bits per heavy atom. The molecule has 5 heterocycles. The molecule has 9 rings (SSSR count). The molecule has 0 spiro atoms. The standard InChI is InChI=1S/C60H54N12O8/c1-33(73)61-29-53(77)65-41-13-5-9-37(25-41)57-45-17-19-47(69-45)58(38-10-6-14-42(26-38)66-54(78)30-62-34(2)74)49-21-23-51(71-49)60(40-12-8-16-44(28-40)68-56(80)32-64-36(4)76)52-24-22-50(72-52)59(48-20-18-46(57)70-48)39-11-7-15-43(27-39)67-55(79)31-63-35(3)75/h5-28,69,72H,29-32H2,1-4H3,(H,61,73)(H,62,74)(H,63,75)(H,64,76)(H,65,77)(H,66,78)(H,67,79)(H,68,80). The Labute approximate surface area is 458 Å². The molecule has 7 aromatic rings. The van der Waals surface area contributed by atoms with Gasteiger partial charge in [-0.15, -0.1) is 0 Å². The molecule has 402 valence electrons. The summed E-state index contributed by atoms with van der Waals surface area (Å²) < 4.78 is 0. The molecule has 0 saturated heterocycles. The third-order valence-electron chi connectivity index (χ3n) is 12.5. The summed E-state index contributed by atoms with van der Waals surface area (Å²) in [6.45, 7) is 4.39. The first-order valence-electron chi connectivity index (χ1n) is 25.3. The van der Waals surface area contributed by atoms with E-state index in [1.807, 2.05) is 97.1 Å². The molecule has 2 aliphatic rings. The lowest BCUT2D eigenvalue weighted by molar-refractivity contribution is -0.122. The Morgan fingerprint density at radius 1 is 0.338 bits per heavy atom. The zero-order chi connectivity index (χ0) is 56.5. The molecule has 0 fully saturated rings. The maximum Gasteiger partial charge on any atom is 0.243 e. The molecule has 0 saturated carbocycles. The summed E-state index contributed by atoms with van der Waals surface area (Å²) in [4.78, 5) is 117. The van der Waals surface area contributed by atoms with Crippen molar-refractivity contribution in [2.24, 2.45) is 0 Å². The lowest BCUT2D eigenvalue weighted by Gasteiger charge is -2.11. The normalized spacial score (nSPS) is 11.2. The van der Waals surface area contributed by atoms with Crippen LogP contribution in [0.5, 0.6) is 0 Å². The molecule has 2 aliphatic heterocycles. The van der Waals surface area contributed by atoms with Crippen LogP contribution in [0, 0.1) is 0 Å². The van der Waals surface area contributed by atoms with E-state index in [9.17, 15) is 38.4 Å². The number of hydrogen-bond acceptors (Lipinski definition) is 10. The lowest BCUT2D eigenvalue weighted by Crippen LogP contribution is -2.31. The number of nitrogens with one attached hydrogen (secondary N) is 10. The average molecular weight is 1070 g/mol. The van der Waals surface area contributed by atoms with Crippen LogP contribution >= 0.6 is 0 Å². The van der Waals surface area contributed by atoms with E-state index in [-0.39, 0.29) is 49.8 Å². The summed E-state index contributed by atoms with van der Waals surface area (Å²) in [7, 11) is 0. The second kappa shape index (κ2) is 24.1. The number of carbonyl (C=O) groups is 8. The maximum absolute atomic E-state index is 13.0. The van der Waals surface area contributed by atoms with Crippen LogP contribution < -0.4 is 42.5 Å².